The van der Waals surface area contributed by atoms with Gasteiger partial charge in [-0.3, -0.25) is 4.79 Å². The Kier molecular flexibility index (Phi) is 14.8. The molecule has 4 aromatic rings. The van der Waals surface area contributed by atoms with Crippen molar-refractivity contribution in [2.24, 2.45) is 0 Å². The zero-order valence-corrected chi connectivity index (χ0v) is 27.2. The van der Waals surface area contributed by atoms with Crippen molar-refractivity contribution in [3.05, 3.63) is 131 Å². The molecule has 0 radical (unpaired) electrons. The van der Waals surface area contributed by atoms with E-state index in [1.54, 1.807) is 12.1 Å². The highest BCUT2D eigenvalue weighted by Crippen LogP contribution is 2.29. The van der Waals surface area contributed by atoms with Crippen LogP contribution in [0.4, 0.5) is 10.5 Å². The molecule has 0 aliphatic heterocycles. The van der Waals surface area contributed by atoms with Gasteiger partial charge in [-0.05, 0) is 85.4 Å². The Morgan fingerprint density at radius 3 is 2.09 bits per heavy atom. The fourth-order valence-corrected chi connectivity index (χ4v) is 5.23. The van der Waals surface area contributed by atoms with Crippen molar-refractivity contribution in [2.45, 2.75) is 70.8 Å². The molecule has 0 aromatic heterocycles. The van der Waals surface area contributed by atoms with Crippen molar-refractivity contribution in [3.63, 3.8) is 0 Å². The molecule has 0 bridgehead atoms. The number of rotatable bonds is 20. The summed E-state index contributed by atoms with van der Waals surface area (Å²) in [7, 11) is 0. The van der Waals surface area contributed by atoms with Gasteiger partial charge in [0.25, 0.3) is 0 Å². The normalized spacial score (nSPS) is 12.1. The summed E-state index contributed by atoms with van der Waals surface area (Å²) in [4.78, 5) is 23.1. The Balaban J connectivity index is 1.08. The van der Waals surface area contributed by atoms with Crippen LogP contribution in [0.5, 0.6) is 5.75 Å². The molecule has 1 unspecified atom stereocenters. The van der Waals surface area contributed by atoms with Crippen molar-refractivity contribution in [3.8, 4) is 5.75 Å². The maximum atomic E-state index is 11.9. The summed E-state index contributed by atoms with van der Waals surface area (Å²) in [5.74, 6) is 0.553. The summed E-state index contributed by atoms with van der Waals surface area (Å²) < 4.78 is 11.2. The van der Waals surface area contributed by atoms with Gasteiger partial charge in [0.1, 0.15) is 19.0 Å². The number of amides is 2. The van der Waals surface area contributed by atoms with Gasteiger partial charge in [0, 0.05) is 19.1 Å². The number of carbonyl (C=O) groups is 2. The molecular formula is C39H47N3O5. The Morgan fingerprint density at radius 1 is 0.787 bits per heavy atom. The molecule has 2 atom stereocenters. The standard InChI is InChI=1S/C39H47N3O5/c1-30(41-26-37(44)35-22-23-38(36(25-35)42-29-43)46-27-33-13-4-2-5-14-33)11-10-17-32-20-18-31(19-21-32)12-8-9-24-40-39(45)47-28-34-15-6-3-7-16-34/h2-7,13-16,18-23,25,29-30,37,41,44H,8-12,17,24,26-28H2,1H3,(H,40,45)(H,42,43)/t30?,37-/m1/s1. The molecule has 248 valence electrons. The first-order chi connectivity index (χ1) is 23.0. The van der Waals surface area contributed by atoms with Gasteiger partial charge >= 0.3 is 6.09 Å². The predicted octanol–water partition coefficient (Wildman–Crippen LogP) is 7.12. The number of aliphatic hydroxyl groups excluding tert-OH is 1. The van der Waals surface area contributed by atoms with Gasteiger partial charge in [0.2, 0.25) is 6.41 Å². The van der Waals surface area contributed by atoms with Gasteiger partial charge in [0.05, 0.1) is 11.8 Å². The summed E-state index contributed by atoms with van der Waals surface area (Å²) in [6.45, 7) is 3.80. The first kappa shape index (κ1) is 35.2. The monoisotopic (exact) mass is 637 g/mol. The topological polar surface area (TPSA) is 109 Å². The highest BCUT2D eigenvalue weighted by atomic mass is 16.5. The first-order valence-corrected chi connectivity index (χ1v) is 16.4. The number of unbranched alkanes of at least 4 members (excludes halogenated alkanes) is 1. The number of hydrogen-bond donors (Lipinski definition) is 4. The number of aliphatic hydroxyl groups is 1. The molecule has 0 saturated carbocycles. The van der Waals surface area contributed by atoms with E-state index in [1.807, 2.05) is 66.7 Å². The predicted molar refractivity (Wildman–Crippen MR) is 186 cm³/mol. The van der Waals surface area contributed by atoms with Crippen LogP contribution in [0.15, 0.2) is 103 Å². The molecule has 4 rings (SSSR count). The molecule has 2 amide bonds. The van der Waals surface area contributed by atoms with Crippen LogP contribution in [0.2, 0.25) is 0 Å². The molecule has 8 heteroatoms. The van der Waals surface area contributed by atoms with Crippen molar-refractivity contribution < 1.29 is 24.2 Å². The molecular weight excluding hydrogens is 590 g/mol. The molecule has 47 heavy (non-hydrogen) atoms. The second-order valence-electron chi connectivity index (χ2n) is 11.8. The summed E-state index contributed by atoms with van der Waals surface area (Å²) >= 11 is 0. The zero-order valence-electron chi connectivity index (χ0n) is 27.2. The summed E-state index contributed by atoms with van der Waals surface area (Å²) in [6, 6.07) is 33.9. The van der Waals surface area contributed by atoms with Gasteiger partial charge in [-0.1, -0.05) is 91.0 Å². The Bertz CT molecular complexity index is 1480. The minimum atomic E-state index is -0.718. The van der Waals surface area contributed by atoms with E-state index >= 15 is 0 Å². The highest BCUT2D eigenvalue weighted by Gasteiger charge is 2.13. The lowest BCUT2D eigenvalue weighted by Gasteiger charge is -2.19. The number of alkyl carbamates (subject to hydrolysis) is 1. The fourth-order valence-electron chi connectivity index (χ4n) is 5.23. The molecule has 8 nitrogen and oxygen atoms in total. The van der Waals surface area contributed by atoms with Crippen LogP contribution in [0.25, 0.3) is 0 Å². The Morgan fingerprint density at radius 2 is 1.43 bits per heavy atom. The number of nitrogens with one attached hydrogen (secondary N) is 3. The van der Waals surface area contributed by atoms with Crippen LogP contribution in [-0.2, 0) is 35.6 Å². The number of carbonyl (C=O) groups excluding carboxylic acids is 2. The average molecular weight is 638 g/mol. The Labute approximate surface area is 278 Å². The second-order valence-corrected chi connectivity index (χ2v) is 11.8. The molecule has 4 N–H and O–H groups in total. The number of aryl methyl sites for hydroxylation is 2. The van der Waals surface area contributed by atoms with E-state index in [1.165, 1.54) is 11.1 Å². The summed E-state index contributed by atoms with van der Waals surface area (Å²) in [6.07, 6.45) is 5.40. The third-order valence-corrected chi connectivity index (χ3v) is 8.00. The molecule has 0 saturated heterocycles. The SMILES string of the molecule is CC(CCCc1ccc(CCCCNC(=O)OCc2ccccc2)cc1)NC[C@@H](O)c1ccc(OCc2ccccc2)c(NC=O)c1. The highest BCUT2D eigenvalue weighted by molar-refractivity contribution is 5.76. The largest absolute Gasteiger partial charge is 0.487 e. The molecule has 0 spiro atoms. The number of benzene rings is 4. The number of hydrogen-bond acceptors (Lipinski definition) is 6. The lowest BCUT2D eigenvalue weighted by atomic mass is 10.0. The van der Waals surface area contributed by atoms with Gasteiger partial charge in [-0.15, -0.1) is 0 Å². The molecule has 4 aromatic carbocycles. The summed E-state index contributed by atoms with van der Waals surface area (Å²) in [5, 5.41) is 19.8. The van der Waals surface area contributed by atoms with E-state index in [0.29, 0.717) is 43.1 Å². The molecule has 0 heterocycles. The number of ether oxygens (including phenoxy) is 2. The third kappa shape index (κ3) is 12.9. The number of anilines is 1. The smallest absolute Gasteiger partial charge is 0.407 e. The fraction of sp³-hybridized carbons (Fsp3) is 0.333. The lowest BCUT2D eigenvalue weighted by molar-refractivity contribution is -0.105. The van der Waals surface area contributed by atoms with Crippen molar-refractivity contribution >= 4 is 18.2 Å². The first-order valence-electron chi connectivity index (χ1n) is 16.4. The second kappa shape index (κ2) is 19.8. The Hall–Kier alpha value is -4.66. The average Bonchev–Trinajstić information content (AvgIpc) is 3.10. The third-order valence-electron chi connectivity index (χ3n) is 8.00. The van der Waals surface area contributed by atoms with Crippen molar-refractivity contribution in [1.29, 1.82) is 0 Å². The van der Waals surface area contributed by atoms with E-state index in [0.717, 1.165) is 49.7 Å². The van der Waals surface area contributed by atoms with Gasteiger partial charge < -0.3 is 30.5 Å². The van der Waals surface area contributed by atoms with E-state index in [2.05, 4.69) is 47.1 Å². The van der Waals surface area contributed by atoms with E-state index in [4.69, 9.17) is 9.47 Å². The van der Waals surface area contributed by atoms with E-state index in [-0.39, 0.29) is 18.7 Å². The molecule has 0 aliphatic rings. The van der Waals surface area contributed by atoms with Crippen LogP contribution >= 0.6 is 0 Å². The van der Waals surface area contributed by atoms with Crippen LogP contribution in [-0.4, -0.2) is 36.7 Å². The van der Waals surface area contributed by atoms with Crippen LogP contribution in [0.1, 0.15) is 66.5 Å². The van der Waals surface area contributed by atoms with Crippen LogP contribution < -0.4 is 20.7 Å². The minimum Gasteiger partial charge on any atom is -0.487 e. The maximum Gasteiger partial charge on any atom is 0.407 e. The van der Waals surface area contributed by atoms with Crippen molar-refractivity contribution in [1.82, 2.24) is 10.6 Å². The zero-order chi connectivity index (χ0) is 33.1. The minimum absolute atomic E-state index is 0.245. The van der Waals surface area contributed by atoms with Gasteiger partial charge in [-0.25, -0.2) is 4.79 Å². The maximum absolute atomic E-state index is 11.9. The molecule has 0 fully saturated rings. The lowest BCUT2D eigenvalue weighted by Crippen LogP contribution is -2.30. The quantitative estimate of drug-likeness (QED) is 0.0607. The van der Waals surface area contributed by atoms with E-state index in [9.17, 15) is 14.7 Å². The molecule has 0 aliphatic carbocycles. The van der Waals surface area contributed by atoms with E-state index < -0.39 is 6.10 Å². The van der Waals surface area contributed by atoms with Gasteiger partial charge in [-0.2, -0.15) is 0 Å². The van der Waals surface area contributed by atoms with Gasteiger partial charge in [0.15, 0.2) is 0 Å². The van der Waals surface area contributed by atoms with Crippen LogP contribution in [0, 0.1) is 0 Å². The summed E-state index contributed by atoms with van der Waals surface area (Å²) in [5.41, 5.74) is 5.85. The van der Waals surface area contributed by atoms with Crippen LogP contribution in [0.3, 0.4) is 0 Å². The van der Waals surface area contributed by atoms with Crippen molar-refractivity contribution in [2.75, 3.05) is 18.4 Å².